The average molecular weight is 370 g/mol. The lowest BCUT2D eigenvalue weighted by atomic mass is 10.0. The van der Waals surface area contributed by atoms with Gasteiger partial charge in [-0.1, -0.05) is 48.5 Å². The summed E-state index contributed by atoms with van der Waals surface area (Å²) in [6.45, 7) is 0. The summed E-state index contributed by atoms with van der Waals surface area (Å²) >= 11 is 2.37. The SMILES string of the molecule is Ic1ccccc1-c1coc2c1ccc1ccccc12. The summed E-state index contributed by atoms with van der Waals surface area (Å²) in [6, 6.07) is 21.0. The van der Waals surface area contributed by atoms with E-state index in [0.29, 0.717) is 0 Å². The van der Waals surface area contributed by atoms with Crippen molar-refractivity contribution in [2.24, 2.45) is 0 Å². The van der Waals surface area contributed by atoms with Crippen LogP contribution >= 0.6 is 22.6 Å². The molecule has 0 bridgehead atoms. The monoisotopic (exact) mass is 370 g/mol. The number of halogens is 1. The van der Waals surface area contributed by atoms with Gasteiger partial charge in [-0.15, -0.1) is 0 Å². The predicted molar refractivity (Wildman–Crippen MR) is 91.9 cm³/mol. The zero-order chi connectivity index (χ0) is 13.5. The van der Waals surface area contributed by atoms with Crippen LogP contribution in [0.25, 0.3) is 32.9 Å². The Morgan fingerprint density at radius 1 is 0.700 bits per heavy atom. The zero-order valence-corrected chi connectivity index (χ0v) is 12.8. The molecule has 0 atom stereocenters. The molecule has 0 amide bonds. The highest BCUT2D eigenvalue weighted by molar-refractivity contribution is 14.1. The van der Waals surface area contributed by atoms with Crippen molar-refractivity contribution in [3.8, 4) is 11.1 Å². The fourth-order valence-electron chi connectivity index (χ4n) is 2.65. The first-order valence-corrected chi connectivity index (χ1v) is 7.56. The Kier molecular flexibility index (Phi) is 2.77. The summed E-state index contributed by atoms with van der Waals surface area (Å²) in [7, 11) is 0. The molecule has 1 nitrogen and oxygen atoms in total. The first kappa shape index (κ1) is 12.0. The van der Waals surface area contributed by atoms with Gasteiger partial charge in [0, 0.05) is 19.9 Å². The minimum absolute atomic E-state index is 0.970. The highest BCUT2D eigenvalue weighted by atomic mass is 127. The molecule has 3 aromatic carbocycles. The second kappa shape index (κ2) is 4.63. The maximum Gasteiger partial charge on any atom is 0.142 e. The normalized spacial score (nSPS) is 11.2. The van der Waals surface area contributed by atoms with Crippen molar-refractivity contribution >= 4 is 44.3 Å². The number of hydrogen-bond donors (Lipinski definition) is 0. The van der Waals surface area contributed by atoms with Crippen LogP contribution in [0.15, 0.2) is 71.3 Å². The van der Waals surface area contributed by atoms with Crippen molar-refractivity contribution in [2.45, 2.75) is 0 Å². The van der Waals surface area contributed by atoms with Gasteiger partial charge in [-0.05, 0) is 45.7 Å². The smallest absolute Gasteiger partial charge is 0.142 e. The van der Waals surface area contributed by atoms with E-state index in [1.807, 2.05) is 6.26 Å². The molecule has 96 valence electrons. The first-order valence-electron chi connectivity index (χ1n) is 6.48. The Morgan fingerprint density at radius 2 is 1.50 bits per heavy atom. The summed E-state index contributed by atoms with van der Waals surface area (Å²) in [5.41, 5.74) is 3.36. The lowest BCUT2D eigenvalue weighted by Crippen LogP contribution is -1.80. The van der Waals surface area contributed by atoms with Crippen LogP contribution in [0.2, 0.25) is 0 Å². The van der Waals surface area contributed by atoms with E-state index in [4.69, 9.17) is 4.42 Å². The molecule has 0 aliphatic rings. The topological polar surface area (TPSA) is 13.1 Å². The van der Waals surface area contributed by atoms with Crippen LogP contribution in [0.5, 0.6) is 0 Å². The van der Waals surface area contributed by atoms with E-state index in [1.165, 1.54) is 25.3 Å². The zero-order valence-electron chi connectivity index (χ0n) is 10.6. The summed E-state index contributed by atoms with van der Waals surface area (Å²) in [4.78, 5) is 0. The largest absolute Gasteiger partial charge is 0.463 e. The van der Waals surface area contributed by atoms with Crippen LogP contribution in [0, 0.1) is 3.57 Å². The van der Waals surface area contributed by atoms with E-state index < -0.39 is 0 Å². The van der Waals surface area contributed by atoms with Gasteiger partial charge < -0.3 is 4.42 Å². The number of fused-ring (bicyclic) bond motifs is 3. The van der Waals surface area contributed by atoms with E-state index >= 15 is 0 Å². The number of rotatable bonds is 1. The van der Waals surface area contributed by atoms with Gasteiger partial charge in [0.25, 0.3) is 0 Å². The molecule has 0 N–H and O–H groups in total. The fourth-order valence-corrected chi connectivity index (χ4v) is 3.33. The van der Waals surface area contributed by atoms with E-state index in [1.54, 1.807) is 0 Å². The molecule has 0 saturated carbocycles. The van der Waals surface area contributed by atoms with Gasteiger partial charge in [0.15, 0.2) is 0 Å². The molecule has 4 aromatic rings. The van der Waals surface area contributed by atoms with Gasteiger partial charge in [0.1, 0.15) is 5.58 Å². The fraction of sp³-hybridized carbons (Fsp3) is 0. The Balaban J connectivity index is 2.08. The highest BCUT2D eigenvalue weighted by Gasteiger charge is 2.12. The van der Waals surface area contributed by atoms with Gasteiger partial charge in [-0.3, -0.25) is 0 Å². The highest BCUT2D eigenvalue weighted by Crippen LogP contribution is 2.36. The van der Waals surface area contributed by atoms with Crippen molar-refractivity contribution < 1.29 is 4.42 Å². The number of furan rings is 1. The standard InChI is InChI=1S/C18H11IO/c19-17-8-4-3-7-14(17)16-11-20-18-13-6-2-1-5-12(13)9-10-15(16)18/h1-11H. The lowest BCUT2D eigenvalue weighted by Gasteiger charge is -2.02. The molecule has 0 aliphatic heterocycles. The molecule has 0 saturated heterocycles. The maximum absolute atomic E-state index is 5.87. The molecule has 0 radical (unpaired) electrons. The van der Waals surface area contributed by atoms with Crippen molar-refractivity contribution in [3.05, 3.63) is 70.5 Å². The van der Waals surface area contributed by atoms with Crippen LogP contribution in [0.3, 0.4) is 0 Å². The first-order chi connectivity index (χ1) is 9.84. The summed E-state index contributed by atoms with van der Waals surface area (Å²) in [5.74, 6) is 0. The Bertz CT molecular complexity index is 921. The maximum atomic E-state index is 5.87. The van der Waals surface area contributed by atoms with Gasteiger partial charge >= 0.3 is 0 Å². The van der Waals surface area contributed by atoms with Crippen molar-refractivity contribution in [1.29, 1.82) is 0 Å². The Labute approximate surface area is 130 Å². The number of hydrogen-bond acceptors (Lipinski definition) is 1. The van der Waals surface area contributed by atoms with Crippen molar-refractivity contribution in [2.75, 3.05) is 0 Å². The molecule has 0 aliphatic carbocycles. The summed E-state index contributed by atoms with van der Waals surface area (Å²) < 4.78 is 7.11. The Hall–Kier alpha value is -1.81. The third kappa shape index (κ3) is 1.75. The van der Waals surface area contributed by atoms with Crippen LogP contribution < -0.4 is 0 Å². The van der Waals surface area contributed by atoms with Crippen LogP contribution in [-0.4, -0.2) is 0 Å². The van der Waals surface area contributed by atoms with Gasteiger partial charge in [-0.2, -0.15) is 0 Å². The molecule has 0 spiro atoms. The third-order valence-corrected chi connectivity index (χ3v) is 4.57. The van der Waals surface area contributed by atoms with Crippen molar-refractivity contribution in [1.82, 2.24) is 0 Å². The predicted octanol–water partition coefficient (Wildman–Crippen LogP) is 5.86. The molecule has 1 heterocycles. The molecule has 4 rings (SSSR count). The summed E-state index contributed by atoms with van der Waals surface area (Å²) in [5, 5.41) is 3.55. The molecule has 2 heteroatoms. The Morgan fingerprint density at radius 3 is 2.40 bits per heavy atom. The van der Waals surface area contributed by atoms with E-state index in [2.05, 4.69) is 83.3 Å². The third-order valence-electron chi connectivity index (χ3n) is 3.63. The van der Waals surface area contributed by atoms with E-state index in [0.717, 1.165) is 11.1 Å². The number of benzene rings is 3. The van der Waals surface area contributed by atoms with Crippen LogP contribution in [0.4, 0.5) is 0 Å². The van der Waals surface area contributed by atoms with E-state index in [9.17, 15) is 0 Å². The molecule has 1 aromatic heterocycles. The van der Waals surface area contributed by atoms with Crippen LogP contribution in [-0.2, 0) is 0 Å². The quantitative estimate of drug-likeness (QED) is 0.383. The van der Waals surface area contributed by atoms with E-state index in [-0.39, 0.29) is 0 Å². The molecule has 0 fully saturated rings. The average Bonchev–Trinajstić information content (AvgIpc) is 2.92. The molecule has 20 heavy (non-hydrogen) atoms. The minimum atomic E-state index is 0.970. The molecular weight excluding hydrogens is 359 g/mol. The summed E-state index contributed by atoms with van der Waals surface area (Å²) in [6.07, 6.45) is 1.87. The van der Waals surface area contributed by atoms with Crippen molar-refractivity contribution in [3.63, 3.8) is 0 Å². The molecular formula is C18H11IO. The van der Waals surface area contributed by atoms with Gasteiger partial charge in [0.05, 0.1) is 6.26 Å². The second-order valence-corrected chi connectivity index (χ2v) is 5.95. The molecule has 0 unspecified atom stereocenters. The van der Waals surface area contributed by atoms with Gasteiger partial charge in [-0.25, -0.2) is 0 Å². The van der Waals surface area contributed by atoms with Gasteiger partial charge in [0.2, 0.25) is 0 Å². The second-order valence-electron chi connectivity index (χ2n) is 4.79. The lowest BCUT2D eigenvalue weighted by molar-refractivity contribution is 0.620. The minimum Gasteiger partial charge on any atom is -0.463 e. The van der Waals surface area contributed by atoms with Crippen LogP contribution in [0.1, 0.15) is 0 Å².